The number of carbonyl (C=O) groups is 1. The van der Waals surface area contributed by atoms with Crippen LogP contribution in [0.3, 0.4) is 0 Å². The van der Waals surface area contributed by atoms with Crippen molar-refractivity contribution in [3.8, 4) is 5.75 Å². The molecule has 6 nitrogen and oxygen atoms in total. The van der Waals surface area contributed by atoms with Crippen LogP contribution in [0.5, 0.6) is 5.75 Å². The number of nitrogens with zero attached hydrogens (tertiary/aromatic N) is 1. The van der Waals surface area contributed by atoms with Gasteiger partial charge in [0.2, 0.25) is 5.91 Å². The molecule has 3 N–H and O–H groups in total. The normalized spacial score (nSPS) is 12.2. The summed E-state index contributed by atoms with van der Waals surface area (Å²) >= 11 is 0. The van der Waals surface area contributed by atoms with Crippen LogP contribution in [-0.4, -0.2) is 32.1 Å². The summed E-state index contributed by atoms with van der Waals surface area (Å²) < 4.78 is 5.72. The van der Waals surface area contributed by atoms with Crippen molar-refractivity contribution in [2.75, 3.05) is 25.5 Å². The zero-order chi connectivity index (χ0) is 18.8. The summed E-state index contributed by atoms with van der Waals surface area (Å²) in [7, 11) is 1.74. The van der Waals surface area contributed by atoms with Gasteiger partial charge in [0, 0.05) is 25.7 Å². The Morgan fingerprint density at radius 2 is 1.92 bits per heavy atom. The smallest absolute Gasteiger partial charge is 0.221 e. The van der Waals surface area contributed by atoms with E-state index in [0.29, 0.717) is 18.9 Å². The summed E-state index contributed by atoms with van der Waals surface area (Å²) in [5.74, 6) is 1.32. The molecule has 0 aliphatic heterocycles. The van der Waals surface area contributed by atoms with Gasteiger partial charge < -0.3 is 20.7 Å². The first-order valence-corrected chi connectivity index (χ1v) is 8.61. The van der Waals surface area contributed by atoms with E-state index in [9.17, 15) is 4.79 Å². The lowest BCUT2D eigenvalue weighted by molar-refractivity contribution is -0.114. The van der Waals surface area contributed by atoms with E-state index in [-0.39, 0.29) is 11.9 Å². The molecule has 26 heavy (non-hydrogen) atoms. The van der Waals surface area contributed by atoms with Crippen molar-refractivity contribution >= 4 is 17.6 Å². The molecule has 0 heterocycles. The van der Waals surface area contributed by atoms with Crippen LogP contribution in [0, 0.1) is 0 Å². The summed E-state index contributed by atoms with van der Waals surface area (Å²) in [6, 6.07) is 17.7. The minimum Gasteiger partial charge on any atom is -0.492 e. The first-order valence-electron chi connectivity index (χ1n) is 8.61. The maximum absolute atomic E-state index is 11.1. The van der Waals surface area contributed by atoms with Crippen molar-refractivity contribution in [2.24, 2.45) is 4.99 Å². The molecule has 1 amide bonds. The fourth-order valence-corrected chi connectivity index (χ4v) is 2.43. The van der Waals surface area contributed by atoms with E-state index in [1.165, 1.54) is 12.5 Å². The van der Waals surface area contributed by atoms with E-state index in [0.717, 1.165) is 11.6 Å². The van der Waals surface area contributed by atoms with Crippen LogP contribution in [0.15, 0.2) is 59.6 Å². The van der Waals surface area contributed by atoms with E-state index in [1.54, 1.807) is 13.1 Å². The minimum atomic E-state index is -0.105. The molecule has 0 radical (unpaired) electrons. The van der Waals surface area contributed by atoms with Crippen molar-refractivity contribution in [1.82, 2.24) is 10.6 Å². The molecule has 0 aliphatic rings. The summed E-state index contributed by atoms with van der Waals surface area (Å²) in [5, 5.41) is 9.32. The maximum atomic E-state index is 11.1. The second-order valence-corrected chi connectivity index (χ2v) is 5.83. The third-order valence-electron chi connectivity index (χ3n) is 3.69. The summed E-state index contributed by atoms with van der Waals surface area (Å²) in [6.45, 7) is 4.65. The molecule has 0 spiro atoms. The molecule has 1 unspecified atom stereocenters. The number of hydrogen-bond donors (Lipinski definition) is 3. The highest BCUT2D eigenvalue weighted by atomic mass is 16.5. The molecule has 2 aromatic rings. The van der Waals surface area contributed by atoms with Crippen molar-refractivity contribution < 1.29 is 9.53 Å². The highest BCUT2D eigenvalue weighted by Crippen LogP contribution is 2.17. The van der Waals surface area contributed by atoms with Crippen LogP contribution in [0.4, 0.5) is 5.69 Å². The van der Waals surface area contributed by atoms with Crippen molar-refractivity contribution in [3.05, 3.63) is 60.2 Å². The second kappa shape index (κ2) is 10.1. The molecule has 0 aliphatic carbocycles. The van der Waals surface area contributed by atoms with Gasteiger partial charge in [0.15, 0.2) is 5.96 Å². The number of amides is 1. The largest absolute Gasteiger partial charge is 0.492 e. The first kappa shape index (κ1) is 19.3. The van der Waals surface area contributed by atoms with E-state index >= 15 is 0 Å². The summed E-state index contributed by atoms with van der Waals surface area (Å²) in [6.07, 6.45) is 0. The van der Waals surface area contributed by atoms with Gasteiger partial charge in [-0.2, -0.15) is 0 Å². The van der Waals surface area contributed by atoms with Crippen LogP contribution in [0.25, 0.3) is 0 Å². The Labute approximate surface area is 154 Å². The average molecular weight is 354 g/mol. The van der Waals surface area contributed by atoms with Gasteiger partial charge in [-0.3, -0.25) is 9.79 Å². The van der Waals surface area contributed by atoms with Gasteiger partial charge in [-0.1, -0.05) is 36.4 Å². The SMILES string of the molecule is CN=C(NCCOc1cccc(NC(C)=O)c1)NC(C)c1ccccc1. The lowest BCUT2D eigenvalue weighted by Gasteiger charge is -2.18. The molecule has 0 fully saturated rings. The number of aliphatic imine (C=N–C) groups is 1. The van der Waals surface area contributed by atoms with E-state index < -0.39 is 0 Å². The fraction of sp³-hybridized carbons (Fsp3) is 0.300. The van der Waals surface area contributed by atoms with Gasteiger partial charge in [0.25, 0.3) is 0 Å². The standard InChI is InChI=1S/C20H26N4O2/c1-15(17-8-5-4-6-9-17)23-20(21-3)22-12-13-26-19-11-7-10-18(14-19)24-16(2)25/h4-11,14-15H,12-13H2,1-3H3,(H,24,25)(H2,21,22,23). The van der Waals surface area contributed by atoms with Crippen LogP contribution in [-0.2, 0) is 4.79 Å². The Morgan fingerprint density at radius 3 is 2.62 bits per heavy atom. The molecule has 2 aromatic carbocycles. The van der Waals surface area contributed by atoms with Gasteiger partial charge in [-0.05, 0) is 24.6 Å². The highest BCUT2D eigenvalue weighted by Gasteiger charge is 2.07. The van der Waals surface area contributed by atoms with E-state index in [4.69, 9.17) is 4.74 Å². The number of hydrogen-bond acceptors (Lipinski definition) is 3. The molecule has 0 bridgehead atoms. The van der Waals surface area contributed by atoms with Crippen LogP contribution >= 0.6 is 0 Å². The lowest BCUT2D eigenvalue weighted by atomic mass is 10.1. The van der Waals surface area contributed by atoms with E-state index in [1.807, 2.05) is 36.4 Å². The van der Waals surface area contributed by atoms with Gasteiger partial charge in [0.05, 0.1) is 12.6 Å². The lowest BCUT2D eigenvalue weighted by Crippen LogP contribution is -2.40. The quantitative estimate of drug-likeness (QED) is 0.406. The molecule has 0 saturated heterocycles. The zero-order valence-electron chi connectivity index (χ0n) is 15.5. The Kier molecular flexibility index (Phi) is 7.49. The Morgan fingerprint density at radius 1 is 1.15 bits per heavy atom. The minimum absolute atomic E-state index is 0.105. The molecule has 138 valence electrons. The summed E-state index contributed by atoms with van der Waals surface area (Å²) in [4.78, 5) is 15.3. The number of anilines is 1. The van der Waals surface area contributed by atoms with Crippen LogP contribution < -0.4 is 20.7 Å². The molecule has 2 rings (SSSR count). The van der Waals surface area contributed by atoms with Gasteiger partial charge in [0.1, 0.15) is 12.4 Å². The number of nitrogens with one attached hydrogen (secondary N) is 3. The number of ether oxygens (including phenoxy) is 1. The molecule has 1 atom stereocenters. The van der Waals surface area contributed by atoms with Gasteiger partial charge in [-0.25, -0.2) is 0 Å². The highest BCUT2D eigenvalue weighted by molar-refractivity contribution is 5.88. The predicted molar refractivity (Wildman–Crippen MR) is 106 cm³/mol. The third-order valence-corrected chi connectivity index (χ3v) is 3.69. The molecule has 6 heteroatoms. The van der Waals surface area contributed by atoms with Gasteiger partial charge in [-0.15, -0.1) is 0 Å². The van der Waals surface area contributed by atoms with Gasteiger partial charge >= 0.3 is 0 Å². The topological polar surface area (TPSA) is 74.8 Å². The predicted octanol–water partition coefficient (Wildman–Crippen LogP) is 2.95. The summed E-state index contributed by atoms with van der Waals surface area (Å²) in [5.41, 5.74) is 1.92. The van der Waals surface area contributed by atoms with Crippen molar-refractivity contribution in [1.29, 1.82) is 0 Å². The zero-order valence-corrected chi connectivity index (χ0v) is 15.5. The Hall–Kier alpha value is -3.02. The Bertz CT molecular complexity index is 732. The van der Waals surface area contributed by atoms with Crippen molar-refractivity contribution in [3.63, 3.8) is 0 Å². The van der Waals surface area contributed by atoms with E-state index in [2.05, 4.69) is 40.0 Å². The number of rotatable bonds is 7. The molecular weight excluding hydrogens is 328 g/mol. The van der Waals surface area contributed by atoms with Crippen LogP contribution in [0.1, 0.15) is 25.5 Å². The molecule has 0 aromatic heterocycles. The molecular formula is C20H26N4O2. The first-order chi connectivity index (χ1) is 12.6. The maximum Gasteiger partial charge on any atom is 0.221 e. The number of carbonyl (C=O) groups excluding carboxylic acids is 1. The van der Waals surface area contributed by atoms with Crippen LogP contribution in [0.2, 0.25) is 0 Å². The monoisotopic (exact) mass is 354 g/mol. The second-order valence-electron chi connectivity index (χ2n) is 5.83. The Balaban J connectivity index is 1.76. The average Bonchev–Trinajstić information content (AvgIpc) is 2.64. The van der Waals surface area contributed by atoms with Crippen molar-refractivity contribution in [2.45, 2.75) is 19.9 Å². The number of guanidine groups is 1. The third kappa shape index (κ3) is 6.47. The molecule has 0 saturated carbocycles. The number of benzene rings is 2. The fourth-order valence-electron chi connectivity index (χ4n) is 2.43.